The molecule has 1 atom stereocenters. The highest BCUT2D eigenvalue weighted by Crippen LogP contribution is 2.24. The lowest BCUT2D eigenvalue weighted by molar-refractivity contribution is 0.571. The van der Waals surface area contributed by atoms with Crippen molar-refractivity contribution in [2.75, 3.05) is 0 Å². The summed E-state index contributed by atoms with van der Waals surface area (Å²) in [6, 6.07) is 16.6. The van der Waals surface area contributed by atoms with Crippen molar-refractivity contribution in [2.45, 2.75) is 19.5 Å². The topological polar surface area (TPSA) is 58.5 Å². The second-order valence-electron chi connectivity index (χ2n) is 6.39. The third kappa shape index (κ3) is 3.66. The lowest BCUT2D eigenvalue weighted by Gasteiger charge is -2.18. The quantitative estimate of drug-likeness (QED) is 0.540. The average Bonchev–Trinajstić information content (AvgIpc) is 3.39. The molecule has 0 bridgehead atoms. The number of nitrogens with zero attached hydrogens (tertiary/aromatic N) is 3. The summed E-state index contributed by atoms with van der Waals surface area (Å²) in [5.74, 6) is -0.248. The fourth-order valence-corrected chi connectivity index (χ4v) is 3.16. The Morgan fingerprint density at radius 3 is 2.70 bits per heavy atom. The highest BCUT2D eigenvalue weighted by molar-refractivity contribution is 5.62. The van der Waals surface area contributed by atoms with E-state index in [9.17, 15) is 4.39 Å². The van der Waals surface area contributed by atoms with Crippen LogP contribution in [0.2, 0.25) is 0 Å². The van der Waals surface area contributed by atoms with Gasteiger partial charge in [0.05, 0.1) is 17.6 Å². The predicted molar refractivity (Wildman–Crippen MR) is 103 cm³/mol. The zero-order valence-corrected chi connectivity index (χ0v) is 14.9. The van der Waals surface area contributed by atoms with E-state index >= 15 is 0 Å². The van der Waals surface area contributed by atoms with E-state index in [0.29, 0.717) is 6.54 Å². The molecule has 27 heavy (non-hydrogen) atoms. The van der Waals surface area contributed by atoms with E-state index in [-0.39, 0.29) is 11.9 Å². The summed E-state index contributed by atoms with van der Waals surface area (Å²) < 4.78 is 15.0. The van der Waals surface area contributed by atoms with E-state index in [1.165, 1.54) is 12.1 Å². The molecule has 4 rings (SSSR count). The van der Waals surface area contributed by atoms with Gasteiger partial charge in [-0.15, -0.1) is 0 Å². The number of benzene rings is 2. The van der Waals surface area contributed by atoms with Gasteiger partial charge < -0.3 is 5.32 Å². The molecule has 0 spiro atoms. The Morgan fingerprint density at radius 2 is 1.93 bits per heavy atom. The van der Waals surface area contributed by atoms with Crippen molar-refractivity contribution < 1.29 is 4.39 Å². The summed E-state index contributed by atoms with van der Waals surface area (Å²) in [5, 5.41) is 15.1. The van der Waals surface area contributed by atoms with Gasteiger partial charge in [-0.05, 0) is 48.9 Å². The molecule has 2 aromatic heterocycles. The molecule has 0 radical (unpaired) electrons. The van der Waals surface area contributed by atoms with Crippen molar-refractivity contribution in [1.29, 1.82) is 0 Å². The zero-order chi connectivity index (χ0) is 18.6. The monoisotopic (exact) mass is 361 g/mol. The minimum Gasteiger partial charge on any atom is -0.306 e. The molecule has 0 unspecified atom stereocenters. The van der Waals surface area contributed by atoms with E-state index < -0.39 is 0 Å². The lowest BCUT2D eigenvalue weighted by Crippen LogP contribution is -2.20. The molecule has 6 heteroatoms. The molecule has 0 fully saturated rings. The molecule has 0 aliphatic carbocycles. The summed E-state index contributed by atoms with van der Waals surface area (Å²) >= 11 is 0. The maximum atomic E-state index is 13.2. The molecule has 0 aliphatic rings. The normalized spacial score (nSPS) is 12.2. The Hall–Kier alpha value is -3.25. The van der Waals surface area contributed by atoms with Crippen LogP contribution in [0.3, 0.4) is 0 Å². The molecule has 2 aromatic carbocycles. The molecular formula is C21H20FN5. The van der Waals surface area contributed by atoms with E-state index in [4.69, 9.17) is 0 Å². The lowest BCUT2D eigenvalue weighted by atomic mass is 10.0. The summed E-state index contributed by atoms with van der Waals surface area (Å²) in [5.41, 5.74) is 5.05. The third-order valence-electron chi connectivity index (χ3n) is 4.60. The van der Waals surface area contributed by atoms with Crippen LogP contribution in [0.5, 0.6) is 0 Å². The van der Waals surface area contributed by atoms with E-state index in [1.54, 1.807) is 24.5 Å². The fraction of sp³-hybridized carbons (Fsp3) is 0.143. The van der Waals surface area contributed by atoms with Crippen molar-refractivity contribution in [1.82, 2.24) is 25.3 Å². The fourth-order valence-electron chi connectivity index (χ4n) is 3.16. The van der Waals surface area contributed by atoms with Gasteiger partial charge in [0, 0.05) is 36.1 Å². The van der Waals surface area contributed by atoms with Gasteiger partial charge in [0.25, 0.3) is 0 Å². The van der Waals surface area contributed by atoms with E-state index in [2.05, 4.69) is 39.7 Å². The molecule has 0 saturated heterocycles. The maximum Gasteiger partial charge on any atom is 0.123 e. The Balaban J connectivity index is 1.52. The first kappa shape index (κ1) is 17.2. The van der Waals surface area contributed by atoms with Crippen molar-refractivity contribution in [2.24, 2.45) is 0 Å². The van der Waals surface area contributed by atoms with Crippen LogP contribution < -0.4 is 5.32 Å². The van der Waals surface area contributed by atoms with Crippen LogP contribution in [0.1, 0.15) is 24.1 Å². The smallest absolute Gasteiger partial charge is 0.123 e. The number of nitrogens with one attached hydrogen (secondary N) is 2. The molecule has 4 aromatic rings. The Labute approximate surface area is 156 Å². The van der Waals surface area contributed by atoms with Crippen LogP contribution in [-0.2, 0) is 6.54 Å². The molecule has 0 aliphatic heterocycles. The Kier molecular flexibility index (Phi) is 4.80. The predicted octanol–water partition coefficient (Wildman–Crippen LogP) is 4.25. The number of hydrogen-bond donors (Lipinski definition) is 2. The van der Waals surface area contributed by atoms with Crippen LogP contribution in [0, 0.1) is 5.82 Å². The molecule has 0 saturated carbocycles. The van der Waals surface area contributed by atoms with Crippen molar-refractivity contribution in [3.05, 3.63) is 90.1 Å². The Morgan fingerprint density at radius 1 is 1.11 bits per heavy atom. The van der Waals surface area contributed by atoms with Gasteiger partial charge in [-0.25, -0.2) is 9.07 Å². The summed E-state index contributed by atoms with van der Waals surface area (Å²) in [6.07, 6.45) is 5.52. The van der Waals surface area contributed by atoms with Crippen LogP contribution in [-0.4, -0.2) is 20.0 Å². The first-order valence-corrected chi connectivity index (χ1v) is 8.83. The molecule has 0 amide bonds. The average molecular weight is 361 g/mol. The van der Waals surface area contributed by atoms with Gasteiger partial charge in [-0.2, -0.15) is 10.2 Å². The second-order valence-corrected chi connectivity index (χ2v) is 6.39. The second kappa shape index (κ2) is 7.55. The van der Waals surface area contributed by atoms with Crippen LogP contribution in [0.25, 0.3) is 16.9 Å². The van der Waals surface area contributed by atoms with E-state index in [0.717, 1.165) is 28.1 Å². The molecule has 2 N–H and O–H groups in total. The third-order valence-corrected chi connectivity index (χ3v) is 4.60. The summed E-state index contributed by atoms with van der Waals surface area (Å²) in [4.78, 5) is 0. The van der Waals surface area contributed by atoms with Gasteiger partial charge in [0.1, 0.15) is 5.82 Å². The maximum absolute atomic E-state index is 13.2. The number of halogens is 1. The van der Waals surface area contributed by atoms with Gasteiger partial charge in [-0.1, -0.05) is 18.2 Å². The van der Waals surface area contributed by atoms with Crippen molar-refractivity contribution in [3.63, 3.8) is 0 Å². The van der Waals surface area contributed by atoms with Crippen LogP contribution in [0.4, 0.5) is 4.39 Å². The summed E-state index contributed by atoms with van der Waals surface area (Å²) in [6.45, 7) is 2.76. The largest absolute Gasteiger partial charge is 0.306 e. The highest BCUT2D eigenvalue weighted by Gasteiger charge is 2.14. The highest BCUT2D eigenvalue weighted by atomic mass is 19.1. The SMILES string of the molecule is C[C@H](NCc1cn[nH]c1-c1ccc(F)cc1)c1ccccc1-n1cccn1. The molecule has 5 nitrogen and oxygen atoms in total. The van der Waals surface area contributed by atoms with Gasteiger partial charge in [0.15, 0.2) is 0 Å². The van der Waals surface area contributed by atoms with E-state index in [1.807, 2.05) is 29.1 Å². The van der Waals surface area contributed by atoms with Crippen molar-refractivity contribution in [3.8, 4) is 16.9 Å². The number of H-pyrrole nitrogens is 1. The van der Waals surface area contributed by atoms with Gasteiger partial charge in [0.2, 0.25) is 0 Å². The minimum absolute atomic E-state index is 0.112. The first-order chi connectivity index (χ1) is 13.2. The number of aromatic nitrogens is 4. The zero-order valence-electron chi connectivity index (χ0n) is 14.9. The number of para-hydroxylation sites is 1. The molecular weight excluding hydrogens is 341 g/mol. The summed E-state index contributed by atoms with van der Waals surface area (Å²) in [7, 11) is 0. The van der Waals surface area contributed by atoms with Gasteiger partial charge >= 0.3 is 0 Å². The van der Waals surface area contributed by atoms with Crippen LogP contribution in [0.15, 0.2) is 73.2 Å². The minimum atomic E-state index is -0.248. The number of aromatic amines is 1. The standard InChI is InChI=1S/C21H20FN5/c1-15(19-5-2-3-6-20(19)27-12-4-11-25-27)23-13-17-14-24-26-21(17)16-7-9-18(22)10-8-16/h2-12,14-15,23H,13H2,1H3,(H,24,26)/t15-/m0/s1. The number of rotatable bonds is 6. The van der Waals surface area contributed by atoms with Crippen LogP contribution >= 0.6 is 0 Å². The first-order valence-electron chi connectivity index (χ1n) is 8.83. The van der Waals surface area contributed by atoms with Gasteiger partial charge in [-0.3, -0.25) is 5.10 Å². The number of hydrogen-bond acceptors (Lipinski definition) is 3. The van der Waals surface area contributed by atoms with Crippen molar-refractivity contribution >= 4 is 0 Å². The molecule has 136 valence electrons. The molecule has 2 heterocycles. The Bertz CT molecular complexity index is 1010.